The van der Waals surface area contributed by atoms with E-state index < -0.39 is 0 Å². The number of halogens is 1. The van der Waals surface area contributed by atoms with Crippen LogP contribution in [0.15, 0.2) is 36.4 Å². The molecule has 0 aliphatic carbocycles. The van der Waals surface area contributed by atoms with Gasteiger partial charge in [-0.15, -0.1) is 0 Å². The van der Waals surface area contributed by atoms with E-state index in [-0.39, 0.29) is 24.2 Å². The molecule has 1 atom stereocenters. The first kappa shape index (κ1) is 18.8. The van der Waals surface area contributed by atoms with E-state index in [1.165, 1.54) is 5.56 Å². The highest BCUT2D eigenvalue weighted by Crippen LogP contribution is 2.38. The number of para-hydroxylation sites is 1. The molecule has 2 amide bonds. The van der Waals surface area contributed by atoms with Crippen LogP contribution in [0.3, 0.4) is 0 Å². The van der Waals surface area contributed by atoms with Gasteiger partial charge in [-0.3, -0.25) is 9.59 Å². The average Bonchev–Trinajstić information content (AvgIpc) is 3.10. The van der Waals surface area contributed by atoms with Crippen molar-refractivity contribution in [3.05, 3.63) is 52.5 Å². The highest BCUT2D eigenvalue weighted by atomic mass is 35.5. The summed E-state index contributed by atoms with van der Waals surface area (Å²) < 4.78 is 5.43. The second-order valence-electron chi connectivity index (χ2n) is 7.40. The highest BCUT2D eigenvalue weighted by molar-refractivity contribution is 6.31. The summed E-state index contributed by atoms with van der Waals surface area (Å²) in [5.74, 6) is 0.135. The van der Waals surface area contributed by atoms with E-state index in [0.29, 0.717) is 29.5 Å². The number of hydrogen-bond donors (Lipinski definition) is 0. The van der Waals surface area contributed by atoms with Crippen molar-refractivity contribution in [1.82, 2.24) is 0 Å². The molecule has 6 heteroatoms. The molecule has 28 heavy (non-hydrogen) atoms. The number of benzene rings is 2. The molecule has 1 saturated heterocycles. The maximum Gasteiger partial charge on any atom is 0.232 e. The van der Waals surface area contributed by atoms with Gasteiger partial charge in [-0.25, -0.2) is 0 Å². The molecular formula is C22H23ClN2O3. The predicted molar refractivity (Wildman–Crippen MR) is 110 cm³/mol. The van der Waals surface area contributed by atoms with Gasteiger partial charge in [0.15, 0.2) is 0 Å². The second-order valence-corrected chi connectivity index (χ2v) is 7.81. The summed E-state index contributed by atoms with van der Waals surface area (Å²) in [4.78, 5) is 29.5. The standard InChI is InChI=1S/C22H23ClN2O3/c1-14-10-19(20(28-2)12-17(14)23)25-13-16(11-21(25)26)22(27)24-9-5-7-15-6-3-4-8-18(15)24/h3-4,6,8,10,12,16H,5,7,9,11,13H2,1-2H3. The Morgan fingerprint density at radius 3 is 2.79 bits per heavy atom. The van der Waals surface area contributed by atoms with Gasteiger partial charge in [0.05, 0.1) is 18.7 Å². The molecule has 2 aromatic rings. The van der Waals surface area contributed by atoms with Crippen LogP contribution in [0.2, 0.25) is 5.02 Å². The Bertz CT molecular complexity index is 943. The van der Waals surface area contributed by atoms with Gasteiger partial charge in [0.2, 0.25) is 11.8 Å². The number of anilines is 2. The minimum absolute atomic E-state index is 0.0210. The van der Waals surface area contributed by atoms with Crippen molar-refractivity contribution in [2.75, 3.05) is 30.0 Å². The third-order valence-corrected chi connectivity index (χ3v) is 6.01. The van der Waals surface area contributed by atoms with Crippen molar-refractivity contribution < 1.29 is 14.3 Å². The molecule has 2 aliphatic rings. The number of hydrogen-bond acceptors (Lipinski definition) is 3. The lowest BCUT2D eigenvalue weighted by molar-refractivity contribution is -0.124. The first-order valence-electron chi connectivity index (χ1n) is 9.53. The first-order valence-corrected chi connectivity index (χ1v) is 9.91. The number of carbonyl (C=O) groups is 2. The van der Waals surface area contributed by atoms with E-state index in [9.17, 15) is 9.59 Å². The number of fused-ring (bicyclic) bond motifs is 1. The summed E-state index contributed by atoms with van der Waals surface area (Å²) in [6.45, 7) is 2.94. The quantitative estimate of drug-likeness (QED) is 0.785. The molecule has 0 aromatic heterocycles. The van der Waals surface area contributed by atoms with Crippen LogP contribution < -0.4 is 14.5 Å². The summed E-state index contributed by atoms with van der Waals surface area (Å²) in [5, 5.41) is 0.588. The van der Waals surface area contributed by atoms with Crippen molar-refractivity contribution in [3.8, 4) is 5.75 Å². The normalized spacial score (nSPS) is 19.0. The first-order chi connectivity index (χ1) is 13.5. The van der Waals surface area contributed by atoms with E-state index in [4.69, 9.17) is 16.3 Å². The SMILES string of the molecule is COc1cc(Cl)c(C)cc1N1CC(C(=O)N2CCCc3ccccc32)CC1=O. The number of methoxy groups -OCH3 is 1. The van der Waals surface area contributed by atoms with Gasteiger partial charge in [0, 0.05) is 36.3 Å². The maximum absolute atomic E-state index is 13.3. The van der Waals surface area contributed by atoms with E-state index in [0.717, 1.165) is 24.1 Å². The van der Waals surface area contributed by atoms with E-state index in [2.05, 4.69) is 6.07 Å². The van der Waals surface area contributed by atoms with Crippen molar-refractivity contribution in [2.24, 2.45) is 5.92 Å². The molecule has 0 N–H and O–H groups in total. The third-order valence-electron chi connectivity index (χ3n) is 5.60. The maximum atomic E-state index is 13.3. The molecule has 2 aliphatic heterocycles. The van der Waals surface area contributed by atoms with Crippen LogP contribution in [0.25, 0.3) is 0 Å². The zero-order valence-corrected chi connectivity index (χ0v) is 16.8. The van der Waals surface area contributed by atoms with E-state index >= 15 is 0 Å². The highest BCUT2D eigenvalue weighted by Gasteiger charge is 2.39. The van der Waals surface area contributed by atoms with Gasteiger partial charge in [-0.1, -0.05) is 29.8 Å². The number of aryl methyl sites for hydroxylation is 2. The zero-order chi connectivity index (χ0) is 19.8. The van der Waals surface area contributed by atoms with Crippen LogP contribution in [0, 0.1) is 12.8 Å². The fraction of sp³-hybridized carbons (Fsp3) is 0.364. The Labute approximate surface area is 169 Å². The summed E-state index contributed by atoms with van der Waals surface area (Å²) in [5.41, 5.74) is 3.71. The van der Waals surface area contributed by atoms with Crippen LogP contribution in [-0.4, -0.2) is 32.0 Å². The van der Waals surface area contributed by atoms with Gasteiger partial charge in [-0.2, -0.15) is 0 Å². The number of nitrogens with zero attached hydrogens (tertiary/aromatic N) is 2. The summed E-state index contributed by atoms with van der Waals surface area (Å²) >= 11 is 6.19. The molecule has 0 bridgehead atoms. The molecule has 1 unspecified atom stereocenters. The number of rotatable bonds is 3. The van der Waals surface area contributed by atoms with Crippen LogP contribution in [-0.2, 0) is 16.0 Å². The lowest BCUT2D eigenvalue weighted by Crippen LogP contribution is -2.40. The minimum atomic E-state index is -0.362. The molecule has 2 heterocycles. The Morgan fingerprint density at radius 1 is 1.21 bits per heavy atom. The van der Waals surface area contributed by atoms with E-state index in [1.807, 2.05) is 36.1 Å². The summed E-state index contributed by atoms with van der Waals surface area (Å²) in [6, 6.07) is 11.6. The average molecular weight is 399 g/mol. The molecule has 5 nitrogen and oxygen atoms in total. The largest absolute Gasteiger partial charge is 0.495 e. The van der Waals surface area contributed by atoms with Gasteiger partial charge in [-0.05, 0) is 43.0 Å². The van der Waals surface area contributed by atoms with Gasteiger partial charge < -0.3 is 14.5 Å². The number of amides is 2. The van der Waals surface area contributed by atoms with E-state index in [1.54, 1.807) is 18.1 Å². The molecule has 0 saturated carbocycles. The fourth-order valence-corrected chi connectivity index (χ4v) is 4.26. The summed E-state index contributed by atoms with van der Waals surface area (Å²) in [6.07, 6.45) is 2.14. The van der Waals surface area contributed by atoms with Gasteiger partial charge in [0.25, 0.3) is 0 Å². The molecular weight excluding hydrogens is 376 g/mol. The lowest BCUT2D eigenvalue weighted by Gasteiger charge is -2.31. The van der Waals surface area contributed by atoms with Crippen molar-refractivity contribution in [3.63, 3.8) is 0 Å². The second kappa shape index (κ2) is 7.47. The number of ether oxygens (including phenoxy) is 1. The molecule has 1 fully saturated rings. The Morgan fingerprint density at radius 2 is 2.00 bits per heavy atom. The molecule has 146 valence electrons. The minimum Gasteiger partial charge on any atom is -0.495 e. The van der Waals surface area contributed by atoms with Gasteiger partial charge in [0.1, 0.15) is 5.75 Å². The molecule has 0 radical (unpaired) electrons. The van der Waals surface area contributed by atoms with Crippen LogP contribution >= 0.6 is 11.6 Å². The Hall–Kier alpha value is -2.53. The molecule has 4 rings (SSSR count). The third kappa shape index (κ3) is 3.24. The Kier molecular flexibility index (Phi) is 5.02. The van der Waals surface area contributed by atoms with Crippen LogP contribution in [0.4, 0.5) is 11.4 Å². The smallest absolute Gasteiger partial charge is 0.232 e. The molecule has 2 aromatic carbocycles. The fourth-order valence-electron chi connectivity index (χ4n) is 4.11. The topological polar surface area (TPSA) is 49.9 Å². The van der Waals surface area contributed by atoms with Crippen molar-refractivity contribution in [2.45, 2.75) is 26.2 Å². The van der Waals surface area contributed by atoms with Crippen LogP contribution in [0.5, 0.6) is 5.75 Å². The number of carbonyl (C=O) groups excluding carboxylic acids is 2. The zero-order valence-electron chi connectivity index (χ0n) is 16.1. The molecule has 0 spiro atoms. The van der Waals surface area contributed by atoms with Crippen molar-refractivity contribution in [1.29, 1.82) is 0 Å². The Balaban J connectivity index is 1.59. The predicted octanol–water partition coefficient (Wildman–Crippen LogP) is 3.99. The summed E-state index contributed by atoms with van der Waals surface area (Å²) in [7, 11) is 1.55. The monoisotopic (exact) mass is 398 g/mol. The lowest BCUT2D eigenvalue weighted by atomic mass is 9.99. The van der Waals surface area contributed by atoms with Crippen molar-refractivity contribution >= 4 is 34.8 Å². The van der Waals surface area contributed by atoms with Crippen LogP contribution in [0.1, 0.15) is 24.0 Å². The van der Waals surface area contributed by atoms with Gasteiger partial charge >= 0.3 is 0 Å².